The summed E-state index contributed by atoms with van der Waals surface area (Å²) in [4.78, 5) is 23.6. The van der Waals surface area contributed by atoms with Crippen LogP contribution in [0.25, 0.3) is 0 Å². The molecule has 0 saturated carbocycles. The van der Waals surface area contributed by atoms with Crippen LogP contribution in [0.15, 0.2) is 71.6 Å². The number of sulfonamides is 1. The molecule has 0 aliphatic carbocycles. The van der Waals surface area contributed by atoms with E-state index in [0.29, 0.717) is 17.0 Å². The van der Waals surface area contributed by atoms with Gasteiger partial charge in [-0.2, -0.15) is 13.2 Å². The molecule has 39 heavy (non-hydrogen) atoms. The highest BCUT2D eigenvalue weighted by Crippen LogP contribution is 2.30. The average Bonchev–Trinajstić information content (AvgIpc) is 2.87. The lowest BCUT2D eigenvalue weighted by molar-refractivity contribution is -0.145. The van der Waals surface area contributed by atoms with E-state index in [4.69, 9.17) is 9.47 Å². The number of benzene rings is 3. The van der Waals surface area contributed by atoms with Gasteiger partial charge in [-0.15, -0.1) is 0 Å². The number of alkyl halides is 3. The minimum atomic E-state index is -4.54. The number of nitrogens with one attached hydrogen (secondary N) is 3. The molecule has 0 fully saturated rings. The highest BCUT2D eigenvalue weighted by molar-refractivity contribution is 7.92. The maximum absolute atomic E-state index is 13.0. The van der Waals surface area contributed by atoms with E-state index >= 15 is 0 Å². The summed E-state index contributed by atoms with van der Waals surface area (Å²) in [5, 5.41) is 5.14. The van der Waals surface area contributed by atoms with Gasteiger partial charge in [0.05, 0.1) is 23.6 Å². The summed E-state index contributed by atoms with van der Waals surface area (Å²) in [5.74, 6) is -0.807. The summed E-state index contributed by atoms with van der Waals surface area (Å²) >= 11 is 0. The van der Waals surface area contributed by atoms with Crippen LogP contribution < -0.4 is 20.1 Å². The van der Waals surface area contributed by atoms with Gasteiger partial charge in [-0.3, -0.25) is 9.52 Å². The van der Waals surface area contributed by atoms with Crippen LogP contribution in [0.1, 0.15) is 18.1 Å². The molecule has 208 valence electrons. The Morgan fingerprint density at radius 3 is 2.28 bits per heavy atom. The topological polar surface area (TPSA) is 123 Å². The summed E-state index contributed by atoms with van der Waals surface area (Å²) in [5.41, 5.74) is 0.0775. The Morgan fingerprint density at radius 2 is 1.62 bits per heavy atom. The van der Waals surface area contributed by atoms with Crippen molar-refractivity contribution in [2.24, 2.45) is 0 Å². The second-order valence-corrected chi connectivity index (χ2v) is 9.83. The van der Waals surface area contributed by atoms with Crippen molar-refractivity contribution in [3.8, 4) is 5.75 Å². The highest BCUT2D eigenvalue weighted by atomic mass is 32.2. The summed E-state index contributed by atoms with van der Waals surface area (Å²) in [6.45, 7) is 2.90. The van der Waals surface area contributed by atoms with Crippen LogP contribution >= 0.6 is 0 Å². The normalized spacial score (nSPS) is 11.4. The van der Waals surface area contributed by atoms with E-state index in [-0.39, 0.29) is 36.0 Å². The Kier molecular flexibility index (Phi) is 9.41. The van der Waals surface area contributed by atoms with Gasteiger partial charge in [-0.25, -0.2) is 13.2 Å². The van der Waals surface area contributed by atoms with E-state index in [1.165, 1.54) is 42.5 Å². The average molecular weight is 566 g/mol. The molecular formula is C26H26F3N3O6S. The predicted octanol–water partition coefficient (Wildman–Crippen LogP) is 4.81. The fourth-order valence-electron chi connectivity index (χ4n) is 3.33. The van der Waals surface area contributed by atoms with Gasteiger partial charge in [-0.05, 0) is 74.0 Å². The van der Waals surface area contributed by atoms with Crippen molar-refractivity contribution in [3.05, 3.63) is 77.9 Å². The Hall–Kier alpha value is -4.26. The number of carbonyl (C=O) groups excluding carboxylic acids is 2. The van der Waals surface area contributed by atoms with Crippen molar-refractivity contribution >= 4 is 39.0 Å². The van der Waals surface area contributed by atoms with Crippen LogP contribution in [0.3, 0.4) is 0 Å². The molecule has 0 aliphatic heterocycles. The van der Waals surface area contributed by atoms with Crippen LogP contribution in [0, 0.1) is 6.92 Å². The van der Waals surface area contributed by atoms with E-state index in [9.17, 15) is 31.2 Å². The fourth-order valence-corrected chi connectivity index (χ4v) is 4.66. The van der Waals surface area contributed by atoms with Crippen molar-refractivity contribution in [2.45, 2.75) is 24.9 Å². The third kappa shape index (κ3) is 8.64. The number of ether oxygens (including phenoxy) is 2. The number of amides is 1. The van der Waals surface area contributed by atoms with Gasteiger partial charge in [0.25, 0.3) is 10.0 Å². The van der Waals surface area contributed by atoms with Crippen molar-refractivity contribution in [1.82, 2.24) is 0 Å². The second kappa shape index (κ2) is 12.5. The van der Waals surface area contributed by atoms with Gasteiger partial charge in [0.1, 0.15) is 5.75 Å². The third-order valence-electron chi connectivity index (χ3n) is 5.17. The highest BCUT2D eigenvalue weighted by Gasteiger charge is 2.30. The number of hydrogen-bond acceptors (Lipinski definition) is 7. The molecule has 0 saturated heterocycles. The lowest BCUT2D eigenvalue weighted by Gasteiger charge is -2.14. The number of esters is 1. The molecule has 3 aromatic carbocycles. The maximum atomic E-state index is 13.0. The molecule has 3 N–H and O–H groups in total. The van der Waals surface area contributed by atoms with E-state index in [0.717, 1.165) is 12.1 Å². The number of anilines is 3. The summed E-state index contributed by atoms with van der Waals surface area (Å²) in [7, 11) is -4.03. The van der Waals surface area contributed by atoms with Gasteiger partial charge in [-0.1, -0.05) is 12.1 Å². The largest absolute Gasteiger partial charge is 0.482 e. The molecule has 3 aromatic rings. The van der Waals surface area contributed by atoms with Crippen molar-refractivity contribution < 1.29 is 40.7 Å². The summed E-state index contributed by atoms with van der Waals surface area (Å²) in [6.07, 6.45) is -4.54. The minimum absolute atomic E-state index is 0.0229. The zero-order valence-electron chi connectivity index (χ0n) is 21.0. The lowest BCUT2D eigenvalue weighted by atomic mass is 10.2. The zero-order chi connectivity index (χ0) is 28.6. The number of hydrogen-bond donors (Lipinski definition) is 3. The zero-order valence-corrected chi connectivity index (χ0v) is 21.8. The number of aryl methyl sites for hydroxylation is 1. The molecular weight excluding hydrogens is 539 g/mol. The predicted molar refractivity (Wildman–Crippen MR) is 139 cm³/mol. The van der Waals surface area contributed by atoms with E-state index < -0.39 is 33.6 Å². The van der Waals surface area contributed by atoms with E-state index in [2.05, 4.69) is 15.4 Å². The van der Waals surface area contributed by atoms with Crippen LogP contribution in [0.2, 0.25) is 0 Å². The Labute approximate surface area is 223 Å². The molecule has 1 amide bonds. The number of carbonyl (C=O) groups is 2. The Bertz CT molecular complexity index is 1430. The Balaban J connectivity index is 1.62. The van der Waals surface area contributed by atoms with Gasteiger partial charge in [0.15, 0.2) is 6.61 Å². The van der Waals surface area contributed by atoms with Gasteiger partial charge in [0, 0.05) is 17.1 Å². The van der Waals surface area contributed by atoms with Crippen LogP contribution in [0.4, 0.5) is 30.2 Å². The first-order valence-corrected chi connectivity index (χ1v) is 13.1. The van der Waals surface area contributed by atoms with Crippen molar-refractivity contribution in [2.75, 3.05) is 35.1 Å². The monoisotopic (exact) mass is 565 g/mol. The van der Waals surface area contributed by atoms with Gasteiger partial charge < -0.3 is 20.1 Å². The molecule has 0 heterocycles. The first kappa shape index (κ1) is 29.3. The molecule has 0 bridgehead atoms. The SMILES string of the molecule is CCOC(=O)COc1ccc(NS(=O)(=O)c2cc(NCC(=O)Nc3cccc(C(F)(F)F)c3)ccc2C)cc1. The van der Waals surface area contributed by atoms with Gasteiger partial charge in [0.2, 0.25) is 5.91 Å². The van der Waals surface area contributed by atoms with Crippen LogP contribution in [-0.4, -0.2) is 40.1 Å². The van der Waals surface area contributed by atoms with Crippen molar-refractivity contribution in [3.63, 3.8) is 0 Å². The van der Waals surface area contributed by atoms with Gasteiger partial charge >= 0.3 is 12.1 Å². The first-order chi connectivity index (χ1) is 18.4. The number of rotatable bonds is 11. The molecule has 0 aromatic heterocycles. The Morgan fingerprint density at radius 1 is 0.923 bits per heavy atom. The standard InChI is InChI=1S/C26H26F3N3O6S/c1-3-37-25(34)16-38-22-11-9-19(10-12-22)32-39(35,36)23-14-20(8-7-17(23)2)30-15-24(33)31-21-6-4-5-18(13-21)26(27,28)29/h4-14,30,32H,3,15-16H2,1-2H3,(H,31,33). The second-order valence-electron chi connectivity index (χ2n) is 8.18. The summed E-state index contributed by atoms with van der Waals surface area (Å²) < 4.78 is 77.2. The summed E-state index contributed by atoms with van der Waals surface area (Å²) in [6, 6.07) is 14.6. The first-order valence-electron chi connectivity index (χ1n) is 11.6. The quantitative estimate of drug-likeness (QED) is 0.285. The van der Waals surface area contributed by atoms with E-state index in [1.807, 2.05) is 0 Å². The molecule has 0 atom stereocenters. The molecule has 0 unspecified atom stereocenters. The van der Waals surface area contributed by atoms with Crippen molar-refractivity contribution in [1.29, 1.82) is 0 Å². The lowest BCUT2D eigenvalue weighted by Crippen LogP contribution is -2.22. The van der Waals surface area contributed by atoms with Crippen LogP contribution in [0.5, 0.6) is 5.75 Å². The molecule has 0 radical (unpaired) electrons. The van der Waals surface area contributed by atoms with E-state index in [1.54, 1.807) is 26.0 Å². The molecule has 9 nitrogen and oxygen atoms in total. The van der Waals surface area contributed by atoms with Crippen LogP contribution in [-0.2, 0) is 30.5 Å². The molecule has 0 aliphatic rings. The maximum Gasteiger partial charge on any atom is 0.416 e. The molecule has 13 heteroatoms. The minimum Gasteiger partial charge on any atom is -0.482 e. The smallest absolute Gasteiger partial charge is 0.416 e. The third-order valence-corrected chi connectivity index (χ3v) is 6.70. The number of halogens is 3. The molecule has 0 spiro atoms. The molecule has 3 rings (SSSR count). The fraction of sp³-hybridized carbons (Fsp3) is 0.231.